The van der Waals surface area contributed by atoms with E-state index in [1.807, 2.05) is 22.1 Å². The lowest BCUT2D eigenvalue weighted by molar-refractivity contribution is 0.0168. The number of para-hydroxylation sites is 1. The summed E-state index contributed by atoms with van der Waals surface area (Å²) in [6.45, 7) is 9.65. The van der Waals surface area contributed by atoms with Gasteiger partial charge in [0.1, 0.15) is 0 Å². The van der Waals surface area contributed by atoms with Gasteiger partial charge in [-0.2, -0.15) is 5.10 Å². The van der Waals surface area contributed by atoms with Gasteiger partial charge in [-0.05, 0) is 37.4 Å². The molecule has 0 radical (unpaired) electrons. The van der Waals surface area contributed by atoms with E-state index in [1.54, 1.807) is 0 Å². The van der Waals surface area contributed by atoms with Crippen LogP contribution in [0.25, 0.3) is 5.69 Å². The van der Waals surface area contributed by atoms with E-state index in [-0.39, 0.29) is 0 Å². The lowest BCUT2D eigenvalue weighted by Gasteiger charge is -2.34. The predicted molar refractivity (Wildman–Crippen MR) is 114 cm³/mol. The van der Waals surface area contributed by atoms with Crippen molar-refractivity contribution in [3.05, 3.63) is 69.7 Å². The van der Waals surface area contributed by atoms with Crippen LogP contribution in [0.15, 0.2) is 47.8 Å². The minimum absolute atomic E-state index is 0.397. The van der Waals surface area contributed by atoms with Crippen molar-refractivity contribution in [1.82, 2.24) is 20.0 Å². The first-order valence-corrected chi connectivity index (χ1v) is 10.8. The molecule has 0 spiro atoms. The molecular formula is C22H28N4OS. The first-order chi connectivity index (χ1) is 13.7. The van der Waals surface area contributed by atoms with Crippen molar-refractivity contribution >= 4 is 11.3 Å². The van der Waals surface area contributed by atoms with Crippen LogP contribution in [0.2, 0.25) is 0 Å². The summed E-state index contributed by atoms with van der Waals surface area (Å²) in [6.07, 6.45) is 0. The maximum absolute atomic E-state index is 5.55. The second kappa shape index (κ2) is 9.01. The van der Waals surface area contributed by atoms with Crippen LogP contribution in [0.3, 0.4) is 0 Å². The molecule has 5 nitrogen and oxygen atoms in total. The zero-order valence-electron chi connectivity index (χ0n) is 16.6. The van der Waals surface area contributed by atoms with Crippen LogP contribution < -0.4 is 5.32 Å². The van der Waals surface area contributed by atoms with Crippen LogP contribution in [-0.2, 0) is 11.3 Å². The van der Waals surface area contributed by atoms with Crippen molar-refractivity contribution in [3.8, 4) is 5.69 Å². The van der Waals surface area contributed by atoms with Crippen LogP contribution in [0, 0.1) is 13.8 Å². The summed E-state index contributed by atoms with van der Waals surface area (Å²) in [5, 5.41) is 10.6. The molecule has 4 rings (SSSR count). The minimum Gasteiger partial charge on any atom is -0.379 e. The van der Waals surface area contributed by atoms with E-state index >= 15 is 0 Å². The highest BCUT2D eigenvalue weighted by Crippen LogP contribution is 2.26. The van der Waals surface area contributed by atoms with Crippen molar-refractivity contribution in [3.63, 3.8) is 0 Å². The molecule has 1 N–H and O–H groups in total. The first-order valence-electron chi connectivity index (χ1n) is 9.90. The maximum Gasteiger partial charge on any atom is 0.0648 e. The van der Waals surface area contributed by atoms with Crippen LogP contribution in [0.1, 0.15) is 27.9 Å². The Balaban J connectivity index is 1.45. The monoisotopic (exact) mass is 396 g/mol. The molecular weight excluding hydrogens is 368 g/mol. The van der Waals surface area contributed by atoms with E-state index in [4.69, 9.17) is 9.84 Å². The molecule has 1 unspecified atom stereocenters. The summed E-state index contributed by atoms with van der Waals surface area (Å²) in [5.74, 6) is 0. The Bertz CT molecular complexity index is 870. The Morgan fingerprint density at radius 1 is 1.11 bits per heavy atom. The van der Waals surface area contributed by atoms with Gasteiger partial charge in [-0.25, -0.2) is 4.68 Å². The van der Waals surface area contributed by atoms with Crippen LogP contribution >= 0.6 is 11.3 Å². The SMILES string of the molecule is Cc1nn(-c2ccccc2)c(C)c1CNCC(c1cccs1)N1CCOCC1. The van der Waals surface area contributed by atoms with E-state index in [0.29, 0.717) is 6.04 Å². The van der Waals surface area contributed by atoms with E-state index < -0.39 is 0 Å². The summed E-state index contributed by atoms with van der Waals surface area (Å²) in [4.78, 5) is 3.96. The Morgan fingerprint density at radius 2 is 1.89 bits per heavy atom. The first kappa shape index (κ1) is 19.3. The van der Waals surface area contributed by atoms with Gasteiger partial charge in [-0.1, -0.05) is 24.3 Å². The number of benzene rings is 1. The molecule has 3 heterocycles. The lowest BCUT2D eigenvalue weighted by atomic mass is 10.1. The molecule has 1 aromatic carbocycles. The van der Waals surface area contributed by atoms with Crippen molar-refractivity contribution in [1.29, 1.82) is 0 Å². The number of morpholine rings is 1. The van der Waals surface area contributed by atoms with Gasteiger partial charge in [-0.3, -0.25) is 4.90 Å². The number of rotatable bonds is 7. The van der Waals surface area contributed by atoms with Gasteiger partial charge in [0, 0.05) is 42.3 Å². The van der Waals surface area contributed by atoms with Crippen LogP contribution in [0.4, 0.5) is 0 Å². The standard InChI is InChI=1S/C22H28N4OS/c1-17-20(18(2)26(24-17)19-7-4-3-5-8-19)15-23-16-21(22-9-6-14-28-22)25-10-12-27-13-11-25/h3-9,14,21,23H,10-13,15-16H2,1-2H3. The molecule has 0 saturated carbocycles. The number of nitrogens with zero attached hydrogens (tertiary/aromatic N) is 3. The molecule has 1 fully saturated rings. The number of aromatic nitrogens is 2. The van der Waals surface area contributed by atoms with Gasteiger partial charge >= 0.3 is 0 Å². The molecule has 1 saturated heterocycles. The smallest absolute Gasteiger partial charge is 0.0648 e. The van der Waals surface area contributed by atoms with Crippen molar-refractivity contribution in [2.24, 2.45) is 0 Å². The highest BCUT2D eigenvalue weighted by atomic mass is 32.1. The molecule has 0 bridgehead atoms. The summed E-state index contributed by atoms with van der Waals surface area (Å²) < 4.78 is 7.59. The average Bonchev–Trinajstić information content (AvgIpc) is 3.36. The van der Waals surface area contributed by atoms with E-state index in [9.17, 15) is 0 Å². The Labute approximate surface area is 170 Å². The Kier molecular flexibility index (Phi) is 6.22. The van der Waals surface area contributed by atoms with Gasteiger partial charge in [-0.15, -0.1) is 11.3 Å². The molecule has 1 aliphatic heterocycles. The molecule has 6 heteroatoms. The van der Waals surface area contributed by atoms with Gasteiger partial charge < -0.3 is 10.1 Å². The van der Waals surface area contributed by atoms with Gasteiger partial charge in [0.05, 0.1) is 30.6 Å². The second-order valence-corrected chi connectivity index (χ2v) is 8.19. The summed E-state index contributed by atoms with van der Waals surface area (Å²) in [6, 6.07) is 15.1. The van der Waals surface area contributed by atoms with Gasteiger partial charge in [0.25, 0.3) is 0 Å². The van der Waals surface area contributed by atoms with Crippen LogP contribution in [-0.4, -0.2) is 47.5 Å². The molecule has 148 valence electrons. The van der Waals surface area contributed by atoms with Crippen molar-refractivity contribution < 1.29 is 4.74 Å². The summed E-state index contributed by atoms with van der Waals surface area (Å²) >= 11 is 1.84. The average molecular weight is 397 g/mol. The molecule has 0 aliphatic carbocycles. The Hall–Kier alpha value is -1.99. The molecule has 3 aromatic rings. The Morgan fingerprint density at radius 3 is 2.61 bits per heavy atom. The highest BCUT2D eigenvalue weighted by molar-refractivity contribution is 7.10. The van der Waals surface area contributed by atoms with Gasteiger partial charge in [0.15, 0.2) is 0 Å². The third kappa shape index (κ3) is 4.20. The van der Waals surface area contributed by atoms with Crippen LogP contribution in [0.5, 0.6) is 0 Å². The minimum atomic E-state index is 0.397. The quantitative estimate of drug-likeness (QED) is 0.661. The number of nitrogens with one attached hydrogen (secondary N) is 1. The molecule has 2 aromatic heterocycles. The normalized spacial score (nSPS) is 16.4. The van der Waals surface area contributed by atoms with E-state index in [0.717, 1.165) is 50.8 Å². The largest absolute Gasteiger partial charge is 0.379 e. The number of ether oxygens (including phenoxy) is 1. The molecule has 1 atom stereocenters. The van der Waals surface area contributed by atoms with Gasteiger partial charge in [0.2, 0.25) is 0 Å². The summed E-state index contributed by atoms with van der Waals surface area (Å²) in [7, 11) is 0. The fraction of sp³-hybridized carbons (Fsp3) is 0.409. The number of aryl methyl sites for hydroxylation is 1. The zero-order chi connectivity index (χ0) is 19.3. The zero-order valence-corrected chi connectivity index (χ0v) is 17.4. The fourth-order valence-electron chi connectivity index (χ4n) is 3.86. The number of thiophene rings is 1. The number of hydrogen-bond acceptors (Lipinski definition) is 5. The topological polar surface area (TPSA) is 42.3 Å². The molecule has 1 aliphatic rings. The third-order valence-corrected chi connectivity index (χ3v) is 6.41. The highest BCUT2D eigenvalue weighted by Gasteiger charge is 2.23. The fourth-order valence-corrected chi connectivity index (χ4v) is 4.73. The van der Waals surface area contributed by atoms with Crippen molar-refractivity contribution in [2.45, 2.75) is 26.4 Å². The van der Waals surface area contributed by atoms with E-state index in [1.165, 1.54) is 16.1 Å². The third-order valence-electron chi connectivity index (χ3n) is 5.44. The molecule has 28 heavy (non-hydrogen) atoms. The second-order valence-electron chi connectivity index (χ2n) is 7.21. The van der Waals surface area contributed by atoms with E-state index in [2.05, 4.69) is 65.8 Å². The maximum atomic E-state index is 5.55. The summed E-state index contributed by atoms with van der Waals surface area (Å²) in [5.41, 5.74) is 4.69. The predicted octanol–water partition coefficient (Wildman–Crippen LogP) is 3.71. The number of hydrogen-bond donors (Lipinski definition) is 1. The lowest BCUT2D eigenvalue weighted by Crippen LogP contribution is -2.42. The molecule has 0 amide bonds. The van der Waals surface area contributed by atoms with Crippen molar-refractivity contribution in [2.75, 3.05) is 32.8 Å².